The van der Waals surface area contributed by atoms with Gasteiger partial charge in [0.15, 0.2) is 5.17 Å². The number of rotatable bonds is 4. The molecular formula is C12H19N3S2. The molecule has 1 fully saturated rings. The number of hydrogen-bond donors (Lipinski definition) is 1. The first-order valence-corrected chi connectivity index (χ1v) is 7.99. The zero-order valence-corrected chi connectivity index (χ0v) is 12.0. The number of thioether (sulfide) groups is 1. The highest BCUT2D eigenvalue weighted by molar-refractivity contribution is 8.13. The van der Waals surface area contributed by atoms with E-state index in [0.717, 1.165) is 23.1 Å². The smallest absolute Gasteiger partial charge is 0.156 e. The summed E-state index contributed by atoms with van der Waals surface area (Å²) in [6, 6.07) is 0.622. The van der Waals surface area contributed by atoms with Gasteiger partial charge in [-0.25, -0.2) is 4.98 Å². The van der Waals surface area contributed by atoms with Crippen LogP contribution < -0.4 is 5.32 Å². The molecule has 0 saturated carbocycles. The minimum Gasteiger partial charge on any atom is -0.362 e. The van der Waals surface area contributed by atoms with Crippen LogP contribution in [0.25, 0.3) is 0 Å². The van der Waals surface area contributed by atoms with Crippen LogP contribution in [-0.4, -0.2) is 28.5 Å². The lowest BCUT2D eigenvalue weighted by molar-refractivity contribution is 0.570. The lowest BCUT2D eigenvalue weighted by Crippen LogP contribution is -2.37. The Balaban J connectivity index is 1.80. The number of aliphatic imine (C=N–C) groups is 1. The van der Waals surface area contributed by atoms with Gasteiger partial charge in [0.05, 0.1) is 10.7 Å². The maximum atomic E-state index is 4.62. The Morgan fingerprint density at radius 2 is 2.47 bits per heavy atom. The normalized spacial score (nSPS) is 22.7. The van der Waals surface area contributed by atoms with Crippen molar-refractivity contribution in [3.05, 3.63) is 16.1 Å². The molecule has 1 aliphatic rings. The van der Waals surface area contributed by atoms with Gasteiger partial charge in [-0.2, -0.15) is 0 Å². The van der Waals surface area contributed by atoms with E-state index in [1.807, 2.05) is 18.7 Å². The lowest BCUT2D eigenvalue weighted by Gasteiger charge is -2.24. The molecule has 3 nitrogen and oxygen atoms in total. The maximum absolute atomic E-state index is 4.62. The number of aromatic nitrogens is 1. The number of nitrogens with zero attached hydrogens (tertiary/aromatic N) is 2. The molecule has 17 heavy (non-hydrogen) atoms. The molecule has 1 aromatic heterocycles. The number of nitrogens with one attached hydrogen (secondary N) is 1. The Kier molecular flexibility index (Phi) is 4.86. The molecule has 2 heterocycles. The second-order valence-corrected chi connectivity index (χ2v) is 6.33. The van der Waals surface area contributed by atoms with E-state index < -0.39 is 0 Å². The Bertz CT molecular complexity index is 387. The van der Waals surface area contributed by atoms with Crippen LogP contribution in [-0.2, 0) is 6.42 Å². The van der Waals surface area contributed by atoms with Gasteiger partial charge in [-0.3, -0.25) is 4.99 Å². The predicted octanol–water partition coefficient (Wildman–Crippen LogP) is 2.86. The van der Waals surface area contributed by atoms with Gasteiger partial charge >= 0.3 is 0 Å². The highest BCUT2D eigenvalue weighted by atomic mass is 32.2. The van der Waals surface area contributed by atoms with Crippen molar-refractivity contribution < 1.29 is 0 Å². The summed E-state index contributed by atoms with van der Waals surface area (Å²) in [5.74, 6) is 1.19. The van der Waals surface area contributed by atoms with E-state index in [2.05, 4.69) is 27.6 Å². The van der Waals surface area contributed by atoms with Crippen LogP contribution in [0.3, 0.4) is 0 Å². The largest absolute Gasteiger partial charge is 0.362 e. The highest BCUT2D eigenvalue weighted by Crippen LogP contribution is 2.16. The van der Waals surface area contributed by atoms with E-state index in [-0.39, 0.29) is 0 Å². The number of hydrogen-bond acceptors (Lipinski definition) is 4. The number of amidine groups is 1. The van der Waals surface area contributed by atoms with Gasteiger partial charge in [-0.1, -0.05) is 18.7 Å². The average Bonchev–Trinajstić information content (AvgIpc) is 2.75. The molecule has 0 aromatic carbocycles. The molecule has 1 saturated heterocycles. The van der Waals surface area contributed by atoms with Crippen LogP contribution in [0.1, 0.15) is 30.5 Å². The van der Waals surface area contributed by atoms with Gasteiger partial charge in [0.25, 0.3) is 0 Å². The van der Waals surface area contributed by atoms with Crippen LogP contribution >= 0.6 is 23.1 Å². The van der Waals surface area contributed by atoms with Gasteiger partial charge in [-0.15, -0.1) is 11.3 Å². The molecular weight excluding hydrogens is 250 g/mol. The third-order valence-electron chi connectivity index (χ3n) is 2.82. The maximum Gasteiger partial charge on any atom is 0.156 e. The molecule has 1 unspecified atom stereocenters. The third kappa shape index (κ3) is 4.00. The fourth-order valence-electron chi connectivity index (χ4n) is 1.78. The molecule has 1 aliphatic heterocycles. The van der Waals surface area contributed by atoms with Crippen molar-refractivity contribution in [1.82, 2.24) is 10.3 Å². The van der Waals surface area contributed by atoms with Crippen molar-refractivity contribution in [3.8, 4) is 0 Å². The molecule has 0 radical (unpaired) electrons. The molecule has 1 aromatic rings. The average molecular weight is 269 g/mol. The summed E-state index contributed by atoms with van der Waals surface area (Å²) < 4.78 is 0. The second kappa shape index (κ2) is 6.40. The highest BCUT2D eigenvalue weighted by Gasteiger charge is 2.15. The minimum atomic E-state index is 0.622. The van der Waals surface area contributed by atoms with Crippen molar-refractivity contribution in [2.45, 2.75) is 39.2 Å². The van der Waals surface area contributed by atoms with E-state index in [4.69, 9.17) is 0 Å². The van der Waals surface area contributed by atoms with E-state index in [0.29, 0.717) is 6.04 Å². The minimum absolute atomic E-state index is 0.622. The standard InChI is InChI=1S/C12H19N3S2/c1-3-10-5-7-16-12(15-10)13-6-4-11-8-17-9(2)14-11/h8,10H,3-7H2,1-2H3,(H,13,15). The Morgan fingerprint density at radius 3 is 3.18 bits per heavy atom. The van der Waals surface area contributed by atoms with Gasteiger partial charge in [0.1, 0.15) is 0 Å². The zero-order chi connectivity index (χ0) is 12.1. The predicted molar refractivity (Wildman–Crippen MR) is 77.1 cm³/mol. The Hall–Kier alpha value is -0.550. The molecule has 0 amide bonds. The first-order chi connectivity index (χ1) is 8.28. The lowest BCUT2D eigenvalue weighted by atomic mass is 10.2. The van der Waals surface area contributed by atoms with Gasteiger partial charge in [0, 0.05) is 30.1 Å². The van der Waals surface area contributed by atoms with E-state index in [9.17, 15) is 0 Å². The summed E-state index contributed by atoms with van der Waals surface area (Å²) in [5, 5.41) is 7.88. The Labute approximate surface area is 111 Å². The summed E-state index contributed by atoms with van der Waals surface area (Å²) in [6.45, 7) is 5.11. The SMILES string of the molecule is CCC1CCSC(=NCCc2csc(C)n2)N1. The molecule has 1 atom stereocenters. The van der Waals surface area contributed by atoms with Gasteiger partial charge in [-0.05, 0) is 19.8 Å². The summed E-state index contributed by atoms with van der Waals surface area (Å²) in [4.78, 5) is 9.07. The van der Waals surface area contributed by atoms with Crippen molar-refractivity contribution in [1.29, 1.82) is 0 Å². The van der Waals surface area contributed by atoms with Crippen LogP contribution in [0.15, 0.2) is 10.4 Å². The first-order valence-electron chi connectivity index (χ1n) is 6.12. The first kappa shape index (κ1) is 12.9. The fraction of sp³-hybridized carbons (Fsp3) is 0.667. The summed E-state index contributed by atoms with van der Waals surface area (Å²) in [5.41, 5.74) is 1.17. The van der Waals surface area contributed by atoms with Gasteiger partial charge < -0.3 is 5.32 Å². The number of thiazole rings is 1. The summed E-state index contributed by atoms with van der Waals surface area (Å²) >= 11 is 3.56. The molecule has 2 rings (SSSR count). The molecule has 0 aliphatic carbocycles. The zero-order valence-electron chi connectivity index (χ0n) is 10.4. The van der Waals surface area contributed by atoms with Gasteiger partial charge in [0.2, 0.25) is 0 Å². The van der Waals surface area contributed by atoms with E-state index >= 15 is 0 Å². The number of aryl methyl sites for hydroxylation is 1. The van der Waals surface area contributed by atoms with Crippen molar-refractivity contribution in [2.75, 3.05) is 12.3 Å². The van der Waals surface area contributed by atoms with Crippen molar-refractivity contribution in [2.24, 2.45) is 4.99 Å². The molecule has 0 bridgehead atoms. The van der Waals surface area contributed by atoms with E-state index in [1.54, 1.807) is 11.3 Å². The fourth-order valence-corrected chi connectivity index (χ4v) is 3.45. The monoisotopic (exact) mass is 269 g/mol. The summed E-state index contributed by atoms with van der Waals surface area (Å²) in [6.07, 6.45) is 3.39. The van der Waals surface area contributed by atoms with E-state index in [1.165, 1.54) is 24.3 Å². The summed E-state index contributed by atoms with van der Waals surface area (Å²) in [7, 11) is 0. The topological polar surface area (TPSA) is 37.3 Å². The molecule has 0 spiro atoms. The molecule has 1 N–H and O–H groups in total. The second-order valence-electron chi connectivity index (χ2n) is 4.18. The third-order valence-corrected chi connectivity index (χ3v) is 4.60. The molecule has 5 heteroatoms. The quantitative estimate of drug-likeness (QED) is 0.913. The van der Waals surface area contributed by atoms with Crippen LogP contribution in [0.2, 0.25) is 0 Å². The molecule has 94 valence electrons. The van der Waals surface area contributed by atoms with Crippen molar-refractivity contribution in [3.63, 3.8) is 0 Å². The Morgan fingerprint density at radius 1 is 1.59 bits per heavy atom. The van der Waals surface area contributed by atoms with Crippen LogP contribution in [0, 0.1) is 6.92 Å². The van der Waals surface area contributed by atoms with Crippen molar-refractivity contribution >= 4 is 28.3 Å². The van der Waals surface area contributed by atoms with Crippen LogP contribution in [0.4, 0.5) is 0 Å². The van der Waals surface area contributed by atoms with Crippen LogP contribution in [0.5, 0.6) is 0 Å².